The maximum absolute atomic E-state index is 12.1. The molecule has 0 aliphatic carbocycles. The summed E-state index contributed by atoms with van der Waals surface area (Å²) >= 11 is 0. The van der Waals surface area contributed by atoms with Crippen molar-refractivity contribution >= 4 is 17.6 Å². The molecule has 2 aromatic rings. The van der Waals surface area contributed by atoms with Gasteiger partial charge in [-0.25, -0.2) is 4.79 Å². The third-order valence-corrected chi connectivity index (χ3v) is 3.42. The van der Waals surface area contributed by atoms with Gasteiger partial charge in [-0.1, -0.05) is 35.9 Å². The van der Waals surface area contributed by atoms with Gasteiger partial charge >= 0.3 is 5.97 Å². The zero-order valence-electron chi connectivity index (χ0n) is 13.0. The topological polar surface area (TPSA) is 55.4 Å². The molecule has 4 nitrogen and oxygen atoms in total. The van der Waals surface area contributed by atoms with Crippen LogP contribution >= 0.6 is 0 Å². The molecule has 0 unspecified atom stereocenters. The van der Waals surface area contributed by atoms with Crippen LogP contribution in [0.15, 0.2) is 42.5 Å². The van der Waals surface area contributed by atoms with E-state index < -0.39 is 5.97 Å². The number of ether oxygens (including phenoxy) is 1. The van der Waals surface area contributed by atoms with Crippen molar-refractivity contribution in [1.82, 2.24) is 0 Å². The first-order chi connectivity index (χ1) is 10.5. The fourth-order valence-electron chi connectivity index (χ4n) is 2.09. The van der Waals surface area contributed by atoms with Crippen LogP contribution in [0.2, 0.25) is 0 Å². The Morgan fingerprint density at radius 2 is 1.73 bits per heavy atom. The Morgan fingerprint density at radius 1 is 1.05 bits per heavy atom. The molecule has 1 amide bonds. The summed E-state index contributed by atoms with van der Waals surface area (Å²) in [6, 6.07) is 12.9. The van der Waals surface area contributed by atoms with Gasteiger partial charge in [0, 0.05) is 5.69 Å². The van der Waals surface area contributed by atoms with Crippen LogP contribution in [0.25, 0.3) is 0 Å². The van der Waals surface area contributed by atoms with Crippen LogP contribution in [0.4, 0.5) is 5.69 Å². The van der Waals surface area contributed by atoms with Gasteiger partial charge in [0.15, 0.2) is 0 Å². The number of carbonyl (C=O) groups excluding carboxylic acids is 2. The van der Waals surface area contributed by atoms with E-state index in [1.807, 2.05) is 38.1 Å². The van der Waals surface area contributed by atoms with Gasteiger partial charge in [0.25, 0.3) is 0 Å². The van der Waals surface area contributed by atoms with Crippen molar-refractivity contribution in [1.29, 1.82) is 0 Å². The van der Waals surface area contributed by atoms with E-state index in [9.17, 15) is 9.59 Å². The van der Waals surface area contributed by atoms with Crippen molar-refractivity contribution in [2.75, 3.05) is 12.4 Å². The van der Waals surface area contributed by atoms with E-state index in [0.717, 1.165) is 16.7 Å². The van der Waals surface area contributed by atoms with Gasteiger partial charge in [0.05, 0.1) is 19.1 Å². The molecule has 2 rings (SSSR count). The zero-order chi connectivity index (χ0) is 16.1. The van der Waals surface area contributed by atoms with Crippen molar-refractivity contribution in [2.24, 2.45) is 0 Å². The fraction of sp³-hybridized carbons (Fsp3) is 0.222. The molecule has 0 aliphatic rings. The number of aryl methyl sites for hydroxylation is 2. The first-order valence-corrected chi connectivity index (χ1v) is 7.04. The van der Waals surface area contributed by atoms with Crippen LogP contribution in [0, 0.1) is 13.8 Å². The Labute approximate surface area is 130 Å². The molecule has 0 spiro atoms. The lowest BCUT2D eigenvalue weighted by Gasteiger charge is -2.10. The molecule has 0 heterocycles. The summed E-state index contributed by atoms with van der Waals surface area (Å²) in [7, 11) is 1.33. The number of hydrogen-bond donors (Lipinski definition) is 1. The largest absolute Gasteiger partial charge is 0.465 e. The smallest absolute Gasteiger partial charge is 0.337 e. The number of rotatable bonds is 4. The van der Waals surface area contributed by atoms with Gasteiger partial charge in [0.2, 0.25) is 5.91 Å². The highest BCUT2D eigenvalue weighted by atomic mass is 16.5. The number of nitrogens with one attached hydrogen (secondary N) is 1. The Balaban J connectivity index is 2.10. The van der Waals surface area contributed by atoms with Crippen LogP contribution in [0.5, 0.6) is 0 Å². The second-order valence-electron chi connectivity index (χ2n) is 5.23. The molecule has 0 aromatic heterocycles. The van der Waals surface area contributed by atoms with Crippen molar-refractivity contribution in [3.63, 3.8) is 0 Å². The quantitative estimate of drug-likeness (QED) is 0.881. The summed E-state index contributed by atoms with van der Waals surface area (Å²) in [5.74, 6) is -0.539. The fourth-order valence-corrected chi connectivity index (χ4v) is 2.09. The standard InChI is InChI=1S/C18H19NO3/c1-12-4-7-14(8-5-12)10-17(20)19-16-11-15(18(21)22-3)9-6-13(16)2/h4-9,11H,10H2,1-3H3,(H,19,20). The average Bonchev–Trinajstić information content (AvgIpc) is 2.51. The molecule has 0 saturated carbocycles. The van der Waals surface area contributed by atoms with Crippen LogP contribution in [0.3, 0.4) is 0 Å². The summed E-state index contributed by atoms with van der Waals surface area (Å²) in [6.07, 6.45) is 0.294. The van der Waals surface area contributed by atoms with Gasteiger partial charge in [-0.15, -0.1) is 0 Å². The van der Waals surface area contributed by atoms with Crippen molar-refractivity contribution < 1.29 is 14.3 Å². The minimum Gasteiger partial charge on any atom is -0.465 e. The number of benzene rings is 2. The SMILES string of the molecule is COC(=O)c1ccc(C)c(NC(=O)Cc2ccc(C)cc2)c1. The summed E-state index contributed by atoms with van der Waals surface area (Å²) in [5.41, 5.74) is 4.04. The zero-order valence-corrected chi connectivity index (χ0v) is 13.0. The summed E-state index contributed by atoms with van der Waals surface area (Å²) in [4.78, 5) is 23.7. The molecule has 1 N–H and O–H groups in total. The van der Waals surface area contributed by atoms with E-state index in [1.54, 1.807) is 18.2 Å². The Kier molecular flexibility index (Phi) is 4.94. The molecule has 0 aliphatic heterocycles. The Morgan fingerprint density at radius 3 is 2.36 bits per heavy atom. The number of anilines is 1. The summed E-state index contributed by atoms with van der Waals surface area (Å²) < 4.78 is 4.69. The molecule has 0 radical (unpaired) electrons. The second kappa shape index (κ2) is 6.89. The third-order valence-electron chi connectivity index (χ3n) is 3.42. The van der Waals surface area contributed by atoms with Crippen LogP contribution in [-0.4, -0.2) is 19.0 Å². The third kappa shape index (κ3) is 3.95. The lowest BCUT2D eigenvalue weighted by molar-refractivity contribution is -0.115. The number of hydrogen-bond acceptors (Lipinski definition) is 3. The maximum atomic E-state index is 12.1. The molecule has 0 bridgehead atoms. The lowest BCUT2D eigenvalue weighted by Crippen LogP contribution is -2.15. The number of amides is 1. The summed E-state index contributed by atoms with van der Waals surface area (Å²) in [6.45, 7) is 3.88. The molecule has 2 aromatic carbocycles. The van der Waals surface area contributed by atoms with E-state index in [1.165, 1.54) is 7.11 Å². The van der Waals surface area contributed by atoms with Gasteiger partial charge < -0.3 is 10.1 Å². The second-order valence-corrected chi connectivity index (χ2v) is 5.23. The van der Waals surface area contributed by atoms with Crippen LogP contribution in [0.1, 0.15) is 27.0 Å². The molecule has 22 heavy (non-hydrogen) atoms. The van der Waals surface area contributed by atoms with Crippen LogP contribution in [-0.2, 0) is 16.0 Å². The number of methoxy groups -OCH3 is 1. The highest BCUT2D eigenvalue weighted by Crippen LogP contribution is 2.18. The minimum absolute atomic E-state index is 0.117. The molecule has 0 fully saturated rings. The number of esters is 1. The highest BCUT2D eigenvalue weighted by molar-refractivity contribution is 5.96. The Hall–Kier alpha value is -2.62. The Bertz CT molecular complexity index is 690. The van der Waals surface area contributed by atoms with E-state index >= 15 is 0 Å². The molecule has 0 atom stereocenters. The molecule has 0 saturated heterocycles. The van der Waals surface area contributed by atoms with E-state index in [-0.39, 0.29) is 5.91 Å². The van der Waals surface area contributed by atoms with Crippen molar-refractivity contribution in [3.8, 4) is 0 Å². The molecular formula is C18H19NO3. The molecule has 114 valence electrons. The average molecular weight is 297 g/mol. The van der Waals surface area contributed by atoms with Crippen molar-refractivity contribution in [3.05, 3.63) is 64.7 Å². The minimum atomic E-state index is -0.422. The number of carbonyl (C=O) groups is 2. The van der Waals surface area contributed by atoms with E-state index in [2.05, 4.69) is 5.32 Å². The molecule has 4 heteroatoms. The van der Waals surface area contributed by atoms with Gasteiger partial charge in [-0.2, -0.15) is 0 Å². The lowest BCUT2D eigenvalue weighted by atomic mass is 10.1. The molecular weight excluding hydrogens is 278 g/mol. The normalized spacial score (nSPS) is 10.1. The van der Waals surface area contributed by atoms with Crippen LogP contribution < -0.4 is 5.32 Å². The monoisotopic (exact) mass is 297 g/mol. The predicted molar refractivity (Wildman–Crippen MR) is 86.0 cm³/mol. The van der Waals surface area contributed by atoms with E-state index in [0.29, 0.717) is 17.7 Å². The highest BCUT2D eigenvalue weighted by Gasteiger charge is 2.10. The van der Waals surface area contributed by atoms with Gasteiger partial charge in [0.1, 0.15) is 0 Å². The van der Waals surface area contributed by atoms with Gasteiger partial charge in [-0.3, -0.25) is 4.79 Å². The predicted octanol–water partition coefficient (Wildman–Crippen LogP) is 3.27. The van der Waals surface area contributed by atoms with E-state index in [4.69, 9.17) is 4.74 Å². The summed E-state index contributed by atoms with van der Waals surface area (Å²) in [5, 5.41) is 2.85. The maximum Gasteiger partial charge on any atom is 0.337 e. The first kappa shape index (κ1) is 15.8. The van der Waals surface area contributed by atoms with Crippen molar-refractivity contribution in [2.45, 2.75) is 20.3 Å². The first-order valence-electron chi connectivity index (χ1n) is 7.04. The van der Waals surface area contributed by atoms with Gasteiger partial charge in [-0.05, 0) is 37.1 Å².